The first-order valence-electron chi connectivity index (χ1n) is 8.09. The van der Waals surface area contributed by atoms with E-state index in [4.69, 9.17) is 0 Å². The molecule has 0 saturated heterocycles. The lowest BCUT2D eigenvalue weighted by atomic mass is 10.00. The molecule has 1 aromatic carbocycles. The van der Waals surface area contributed by atoms with Crippen LogP contribution >= 0.6 is 0 Å². The number of anilines is 1. The average molecular weight is 359 g/mol. The van der Waals surface area contributed by atoms with Crippen LogP contribution in [0.2, 0.25) is 0 Å². The fourth-order valence-corrected chi connectivity index (χ4v) is 3.70. The second-order valence-corrected chi connectivity index (χ2v) is 8.20. The van der Waals surface area contributed by atoms with E-state index in [0.29, 0.717) is 13.1 Å². The number of nitrogens with zero attached hydrogens (tertiary/aromatic N) is 3. The number of sulfonamides is 1. The first-order valence-corrected chi connectivity index (χ1v) is 9.94. The van der Waals surface area contributed by atoms with Crippen molar-refractivity contribution in [2.45, 2.75) is 19.9 Å². The number of aromatic nitrogens is 1. The van der Waals surface area contributed by atoms with Crippen LogP contribution in [-0.4, -0.2) is 43.6 Å². The molecule has 132 valence electrons. The molecule has 0 aliphatic carbocycles. The number of benzene rings is 1. The van der Waals surface area contributed by atoms with Gasteiger partial charge in [0.05, 0.1) is 6.26 Å². The van der Waals surface area contributed by atoms with Gasteiger partial charge in [0.2, 0.25) is 15.9 Å². The number of pyridine rings is 1. The van der Waals surface area contributed by atoms with Gasteiger partial charge in [0.25, 0.3) is 0 Å². The van der Waals surface area contributed by atoms with Crippen LogP contribution in [-0.2, 0) is 27.8 Å². The van der Waals surface area contributed by atoms with Crippen molar-refractivity contribution in [1.82, 2.24) is 9.88 Å². The highest BCUT2D eigenvalue weighted by Gasteiger charge is 2.26. The van der Waals surface area contributed by atoms with Crippen LogP contribution < -0.4 is 4.31 Å². The highest BCUT2D eigenvalue weighted by atomic mass is 32.2. The molecule has 0 bridgehead atoms. The summed E-state index contributed by atoms with van der Waals surface area (Å²) >= 11 is 0. The molecule has 3 rings (SSSR count). The summed E-state index contributed by atoms with van der Waals surface area (Å²) in [6.45, 7) is 2.73. The minimum atomic E-state index is -3.60. The summed E-state index contributed by atoms with van der Waals surface area (Å²) in [5.41, 5.74) is 3.28. The van der Waals surface area contributed by atoms with Crippen LogP contribution in [0.25, 0.3) is 0 Å². The van der Waals surface area contributed by atoms with Crippen LogP contribution in [0.4, 0.5) is 5.82 Å². The number of hydrogen-bond acceptors (Lipinski definition) is 4. The second-order valence-electron chi connectivity index (χ2n) is 6.30. The Balaban J connectivity index is 1.79. The van der Waals surface area contributed by atoms with Crippen LogP contribution in [0.3, 0.4) is 0 Å². The van der Waals surface area contributed by atoms with Crippen molar-refractivity contribution in [1.29, 1.82) is 0 Å². The number of amides is 1. The van der Waals surface area contributed by atoms with E-state index in [2.05, 4.69) is 11.1 Å². The average Bonchev–Trinajstić information content (AvgIpc) is 2.59. The van der Waals surface area contributed by atoms with Crippen LogP contribution in [0.5, 0.6) is 0 Å². The van der Waals surface area contributed by atoms with E-state index in [9.17, 15) is 13.2 Å². The minimum absolute atomic E-state index is 0.220. The topological polar surface area (TPSA) is 70.6 Å². The Hall–Kier alpha value is -2.41. The van der Waals surface area contributed by atoms with E-state index >= 15 is 0 Å². The van der Waals surface area contributed by atoms with Gasteiger partial charge in [-0.2, -0.15) is 0 Å². The maximum Gasteiger partial charge on any atom is 0.243 e. The van der Waals surface area contributed by atoms with E-state index in [-0.39, 0.29) is 18.3 Å². The van der Waals surface area contributed by atoms with Crippen molar-refractivity contribution in [3.8, 4) is 0 Å². The molecule has 25 heavy (non-hydrogen) atoms. The lowest BCUT2D eigenvalue weighted by Crippen LogP contribution is -2.44. The van der Waals surface area contributed by atoms with Crippen molar-refractivity contribution >= 4 is 21.7 Å². The summed E-state index contributed by atoms with van der Waals surface area (Å²) < 4.78 is 25.4. The maximum absolute atomic E-state index is 12.7. The minimum Gasteiger partial charge on any atom is -0.336 e. The third kappa shape index (κ3) is 3.99. The molecular formula is C18H21N3O3S. The summed E-state index contributed by atoms with van der Waals surface area (Å²) in [5, 5.41) is 0. The van der Waals surface area contributed by atoms with Crippen molar-refractivity contribution in [3.63, 3.8) is 0 Å². The molecule has 2 aromatic rings. The second kappa shape index (κ2) is 6.84. The molecule has 0 atom stereocenters. The van der Waals surface area contributed by atoms with Gasteiger partial charge in [-0.05, 0) is 36.1 Å². The van der Waals surface area contributed by atoms with Gasteiger partial charge in [0, 0.05) is 19.3 Å². The highest BCUT2D eigenvalue weighted by Crippen LogP contribution is 2.20. The van der Waals surface area contributed by atoms with E-state index in [1.165, 1.54) is 5.56 Å². The van der Waals surface area contributed by atoms with Gasteiger partial charge < -0.3 is 4.90 Å². The Morgan fingerprint density at radius 1 is 1.20 bits per heavy atom. The Bertz CT molecular complexity index is 879. The number of carbonyl (C=O) groups is 1. The van der Waals surface area contributed by atoms with Gasteiger partial charge >= 0.3 is 0 Å². The normalized spacial score (nSPS) is 14.1. The number of aryl methyl sites for hydroxylation is 1. The predicted molar refractivity (Wildman–Crippen MR) is 96.7 cm³/mol. The fourth-order valence-electron chi connectivity index (χ4n) is 2.91. The van der Waals surface area contributed by atoms with Crippen LogP contribution in [0.1, 0.15) is 16.7 Å². The van der Waals surface area contributed by atoms with Crippen molar-refractivity contribution < 1.29 is 13.2 Å². The number of rotatable bonds is 4. The monoisotopic (exact) mass is 359 g/mol. The first-order chi connectivity index (χ1) is 11.8. The molecular weight excluding hydrogens is 338 g/mol. The van der Waals surface area contributed by atoms with Gasteiger partial charge in [-0.3, -0.25) is 4.79 Å². The summed E-state index contributed by atoms with van der Waals surface area (Å²) in [7, 11) is -3.60. The Morgan fingerprint density at radius 2 is 1.92 bits per heavy atom. The Morgan fingerprint density at radius 3 is 2.56 bits per heavy atom. The number of hydrogen-bond donors (Lipinski definition) is 0. The molecule has 1 aliphatic heterocycles. The lowest BCUT2D eigenvalue weighted by Gasteiger charge is -2.31. The predicted octanol–water partition coefficient (Wildman–Crippen LogP) is 1.74. The SMILES string of the molecule is Cc1ccc(N(CC(=O)N2CCc3ccccc3C2)S(C)(=O)=O)nc1. The number of fused-ring (bicyclic) bond motifs is 1. The standard InChI is InChI=1S/C18H21N3O3S/c1-14-7-8-17(19-11-14)21(25(2,23)24)13-18(22)20-10-9-15-5-3-4-6-16(15)12-20/h3-8,11H,9-10,12-13H2,1-2H3. The summed E-state index contributed by atoms with van der Waals surface area (Å²) in [4.78, 5) is 18.6. The summed E-state index contributed by atoms with van der Waals surface area (Å²) in [6.07, 6.45) is 3.46. The molecule has 1 aliphatic rings. The molecule has 0 N–H and O–H groups in total. The van der Waals surface area contributed by atoms with Gasteiger partial charge in [0.15, 0.2) is 0 Å². The molecule has 0 saturated carbocycles. The molecule has 0 radical (unpaired) electrons. The third-order valence-corrected chi connectivity index (χ3v) is 5.43. The zero-order chi connectivity index (χ0) is 18.0. The van der Waals surface area contributed by atoms with Crippen LogP contribution in [0.15, 0.2) is 42.6 Å². The fraction of sp³-hybridized carbons (Fsp3) is 0.333. The zero-order valence-electron chi connectivity index (χ0n) is 14.3. The molecule has 1 aromatic heterocycles. The molecule has 0 unspecified atom stereocenters. The van der Waals surface area contributed by atoms with Gasteiger partial charge in [0.1, 0.15) is 12.4 Å². The molecule has 0 spiro atoms. The van der Waals surface area contributed by atoms with Crippen LogP contribution in [0, 0.1) is 6.92 Å². The van der Waals surface area contributed by atoms with Gasteiger partial charge in [-0.25, -0.2) is 17.7 Å². The Kier molecular flexibility index (Phi) is 4.76. The maximum atomic E-state index is 12.7. The molecule has 0 fully saturated rings. The van der Waals surface area contributed by atoms with Crippen molar-refractivity contribution in [3.05, 3.63) is 59.3 Å². The molecule has 6 nitrogen and oxygen atoms in total. The molecule has 2 heterocycles. The quantitative estimate of drug-likeness (QED) is 0.834. The molecule has 1 amide bonds. The smallest absolute Gasteiger partial charge is 0.243 e. The first kappa shape index (κ1) is 17.4. The van der Waals surface area contributed by atoms with E-state index in [1.54, 1.807) is 23.2 Å². The third-order valence-electron chi connectivity index (χ3n) is 4.31. The van der Waals surface area contributed by atoms with E-state index < -0.39 is 10.0 Å². The largest absolute Gasteiger partial charge is 0.336 e. The zero-order valence-corrected chi connectivity index (χ0v) is 15.2. The highest BCUT2D eigenvalue weighted by molar-refractivity contribution is 7.92. The van der Waals surface area contributed by atoms with Gasteiger partial charge in [-0.1, -0.05) is 30.3 Å². The summed E-state index contributed by atoms with van der Waals surface area (Å²) in [6, 6.07) is 11.4. The Labute approximate surface area is 148 Å². The summed E-state index contributed by atoms with van der Waals surface area (Å²) in [5.74, 6) is 0.0427. The number of carbonyl (C=O) groups excluding carboxylic acids is 1. The molecule has 7 heteroatoms. The lowest BCUT2D eigenvalue weighted by molar-refractivity contribution is -0.130. The van der Waals surface area contributed by atoms with Gasteiger partial charge in [-0.15, -0.1) is 0 Å². The van der Waals surface area contributed by atoms with Crippen molar-refractivity contribution in [2.24, 2.45) is 0 Å². The van der Waals surface area contributed by atoms with Crippen molar-refractivity contribution in [2.75, 3.05) is 23.7 Å². The van der Waals surface area contributed by atoms with E-state index in [0.717, 1.165) is 28.1 Å². The van der Waals surface area contributed by atoms with E-state index in [1.807, 2.05) is 25.1 Å².